The first kappa shape index (κ1) is 11.6. The highest BCUT2D eigenvalue weighted by molar-refractivity contribution is 7.99. The lowest BCUT2D eigenvalue weighted by Gasteiger charge is -2.32. The molecule has 0 aromatic rings. The normalized spacial score (nSPS) is 24.9. The van der Waals surface area contributed by atoms with Crippen molar-refractivity contribution in [3.8, 4) is 0 Å². The van der Waals surface area contributed by atoms with E-state index in [0.717, 1.165) is 4.90 Å². The summed E-state index contributed by atoms with van der Waals surface area (Å²) in [5.41, 5.74) is 0. The van der Waals surface area contributed by atoms with Crippen molar-refractivity contribution in [1.82, 2.24) is 4.90 Å². The summed E-state index contributed by atoms with van der Waals surface area (Å²) in [6.07, 6.45) is -4.32. The molecule has 0 aliphatic carbocycles. The van der Waals surface area contributed by atoms with Crippen LogP contribution in [0.15, 0.2) is 0 Å². The summed E-state index contributed by atoms with van der Waals surface area (Å²) in [5.74, 6) is -0.396. The summed E-state index contributed by atoms with van der Waals surface area (Å²) in [5, 5.41) is 8.68. The maximum atomic E-state index is 12.0. The fraction of sp³-hybridized carbons (Fsp3) is 0.857. The first-order chi connectivity index (χ1) is 6.40. The van der Waals surface area contributed by atoms with Crippen LogP contribution < -0.4 is 0 Å². The average molecular weight is 229 g/mol. The molecule has 0 bridgehead atoms. The second kappa shape index (κ2) is 4.39. The highest BCUT2D eigenvalue weighted by atomic mass is 32.2. The molecule has 0 radical (unpaired) electrons. The van der Waals surface area contributed by atoms with E-state index in [2.05, 4.69) is 0 Å². The van der Waals surface area contributed by atoms with Gasteiger partial charge in [0.1, 0.15) is 6.04 Å². The van der Waals surface area contributed by atoms with E-state index in [-0.39, 0.29) is 12.3 Å². The van der Waals surface area contributed by atoms with Crippen LogP contribution in [0.5, 0.6) is 0 Å². The van der Waals surface area contributed by atoms with Crippen LogP contribution in [0.25, 0.3) is 0 Å². The van der Waals surface area contributed by atoms with Crippen molar-refractivity contribution >= 4 is 17.7 Å². The number of carboxylic acid groups (broad SMARTS) is 1. The molecule has 82 valence electrons. The predicted octanol–water partition coefficient (Wildman–Crippen LogP) is 1.05. The molecule has 1 unspecified atom stereocenters. The molecule has 1 fully saturated rings. The molecule has 0 amide bonds. The molecule has 1 atom stereocenters. The van der Waals surface area contributed by atoms with E-state index >= 15 is 0 Å². The van der Waals surface area contributed by atoms with Crippen molar-refractivity contribution in [2.24, 2.45) is 0 Å². The van der Waals surface area contributed by atoms with Gasteiger partial charge in [-0.05, 0) is 0 Å². The summed E-state index contributed by atoms with van der Waals surface area (Å²) in [7, 11) is 0. The Morgan fingerprint density at radius 1 is 1.57 bits per heavy atom. The Morgan fingerprint density at radius 3 is 2.71 bits per heavy atom. The number of hydrogen-bond acceptors (Lipinski definition) is 3. The third kappa shape index (κ3) is 3.38. The molecule has 1 rings (SSSR count). The van der Waals surface area contributed by atoms with Gasteiger partial charge in [-0.2, -0.15) is 24.9 Å². The molecular weight excluding hydrogens is 219 g/mol. The van der Waals surface area contributed by atoms with Crippen LogP contribution in [-0.4, -0.2) is 52.8 Å². The number of thioether (sulfide) groups is 1. The van der Waals surface area contributed by atoms with Crippen LogP contribution in [0.2, 0.25) is 0 Å². The van der Waals surface area contributed by atoms with Crippen LogP contribution in [-0.2, 0) is 4.79 Å². The van der Waals surface area contributed by atoms with Crippen LogP contribution >= 0.6 is 11.8 Å². The van der Waals surface area contributed by atoms with Gasteiger partial charge in [-0.1, -0.05) is 0 Å². The van der Waals surface area contributed by atoms with Gasteiger partial charge in [0.25, 0.3) is 0 Å². The van der Waals surface area contributed by atoms with Gasteiger partial charge < -0.3 is 5.11 Å². The van der Waals surface area contributed by atoms with E-state index in [4.69, 9.17) is 5.11 Å². The molecule has 7 heteroatoms. The van der Waals surface area contributed by atoms with Gasteiger partial charge in [-0.3, -0.25) is 9.69 Å². The lowest BCUT2D eigenvalue weighted by molar-refractivity contribution is -0.160. The fourth-order valence-electron chi connectivity index (χ4n) is 1.29. The van der Waals surface area contributed by atoms with Crippen LogP contribution in [0, 0.1) is 0 Å². The molecule has 1 N–H and O–H groups in total. The summed E-state index contributed by atoms with van der Waals surface area (Å²) in [6, 6.07) is -1.00. The van der Waals surface area contributed by atoms with Gasteiger partial charge in [0.15, 0.2) is 0 Å². The van der Waals surface area contributed by atoms with Crippen LogP contribution in [0.4, 0.5) is 13.2 Å². The molecule has 1 aliphatic heterocycles. The molecule has 0 saturated carbocycles. The number of carboxylic acids is 1. The molecule has 14 heavy (non-hydrogen) atoms. The van der Waals surface area contributed by atoms with Gasteiger partial charge in [0, 0.05) is 18.1 Å². The largest absolute Gasteiger partial charge is 0.480 e. The van der Waals surface area contributed by atoms with Crippen molar-refractivity contribution in [2.45, 2.75) is 12.2 Å². The maximum Gasteiger partial charge on any atom is 0.401 e. The minimum atomic E-state index is -4.32. The number of carbonyl (C=O) groups is 1. The minimum Gasteiger partial charge on any atom is -0.480 e. The molecule has 0 spiro atoms. The second-order valence-corrected chi connectivity index (χ2v) is 4.16. The van der Waals surface area contributed by atoms with Crippen molar-refractivity contribution in [2.75, 3.05) is 24.6 Å². The predicted molar refractivity (Wildman–Crippen MR) is 46.4 cm³/mol. The fourth-order valence-corrected chi connectivity index (χ4v) is 2.39. The Balaban J connectivity index is 2.59. The summed E-state index contributed by atoms with van der Waals surface area (Å²) < 4.78 is 36.1. The molecule has 3 nitrogen and oxygen atoms in total. The monoisotopic (exact) mass is 229 g/mol. The molecule has 0 aromatic carbocycles. The minimum absolute atomic E-state index is 0.182. The lowest BCUT2D eigenvalue weighted by atomic mass is 10.2. The average Bonchev–Trinajstić information content (AvgIpc) is 2.01. The zero-order valence-corrected chi connectivity index (χ0v) is 8.07. The Morgan fingerprint density at radius 2 is 2.21 bits per heavy atom. The number of alkyl halides is 3. The van der Waals surface area contributed by atoms with Crippen molar-refractivity contribution in [3.63, 3.8) is 0 Å². The summed E-state index contributed by atoms with van der Waals surface area (Å²) in [4.78, 5) is 11.6. The summed E-state index contributed by atoms with van der Waals surface area (Å²) in [6.45, 7) is -0.953. The second-order valence-electron chi connectivity index (χ2n) is 3.01. The number of aliphatic carboxylic acids is 1. The van der Waals surface area contributed by atoms with Crippen LogP contribution in [0.1, 0.15) is 0 Å². The number of nitrogens with zero attached hydrogens (tertiary/aromatic N) is 1. The lowest BCUT2D eigenvalue weighted by Crippen LogP contribution is -2.50. The van der Waals surface area contributed by atoms with E-state index in [1.807, 2.05) is 0 Å². The first-order valence-electron chi connectivity index (χ1n) is 4.01. The van der Waals surface area contributed by atoms with Gasteiger partial charge in [-0.25, -0.2) is 0 Å². The van der Waals surface area contributed by atoms with Crippen molar-refractivity contribution < 1.29 is 23.1 Å². The van der Waals surface area contributed by atoms with E-state index in [0.29, 0.717) is 5.75 Å². The summed E-state index contributed by atoms with van der Waals surface area (Å²) >= 11 is 1.37. The maximum absolute atomic E-state index is 12.0. The highest BCUT2D eigenvalue weighted by Crippen LogP contribution is 2.22. The number of rotatable bonds is 2. The first-order valence-corrected chi connectivity index (χ1v) is 5.17. The van der Waals surface area contributed by atoms with E-state index in [1.165, 1.54) is 11.8 Å². The third-order valence-corrected chi connectivity index (χ3v) is 2.93. The Hall–Kier alpha value is -0.430. The Kier molecular flexibility index (Phi) is 3.65. The van der Waals surface area contributed by atoms with Gasteiger partial charge in [0.05, 0.1) is 6.54 Å². The van der Waals surface area contributed by atoms with Gasteiger partial charge in [-0.15, -0.1) is 0 Å². The zero-order chi connectivity index (χ0) is 10.8. The smallest absolute Gasteiger partial charge is 0.401 e. The molecular formula is C7H10F3NO2S. The van der Waals surface area contributed by atoms with Gasteiger partial charge in [0.2, 0.25) is 0 Å². The standard InChI is InChI=1S/C7H10F3NO2S/c8-7(9,10)4-11-1-2-14-3-5(11)6(12)13/h5H,1-4H2,(H,12,13). The van der Waals surface area contributed by atoms with E-state index in [1.54, 1.807) is 0 Å². The highest BCUT2D eigenvalue weighted by Gasteiger charge is 2.37. The number of halogens is 3. The van der Waals surface area contributed by atoms with Crippen LogP contribution in [0.3, 0.4) is 0 Å². The molecule has 0 aromatic heterocycles. The topological polar surface area (TPSA) is 40.5 Å². The van der Waals surface area contributed by atoms with E-state index in [9.17, 15) is 18.0 Å². The molecule has 1 heterocycles. The quantitative estimate of drug-likeness (QED) is 0.768. The zero-order valence-electron chi connectivity index (χ0n) is 7.25. The van der Waals surface area contributed by atoms with E-state index < -0.39 is 24.7 Å². The SMILES string of the molecule is O=C(O)C1CSCCN1CC(F)(F)F. The number of hydrogen-bond donors (Lipinski definition) is 1. The molecule has 1 saturated heterocycles. The Labute approximate surface area is 83.3 Å². The molecule has 1 aliphatic rings. The van der Waals surface area contributed by atoms with Crippen molar-refractivity contribution in [1.29, 1.82) is 0 Å². The van der Waals surface area contributed by atoms with Gasteiger partial charge >= 0.3 is 12.1 Å². The van der Waals surface area contributed by atoms with Crippen molar-refractivity contribution in [3.05, 3.63) is 0 Å². The Bertz CT molecular complexity index is 221. The third-order valence-electron chi connectivity index (χ3n) is 1.91.